The Morgan fingerprint density at radius 2 is 2.11 bits per heavy atom. The van der Waals surface area contributed by atoms with E-state index in [1.807, 2.05) is 13.8 Å². The zero-order valence-electron chi connectivity index (χ0n) is 12.4. The van der Waals surface area contributed by atoms with Crippen molar-refractivity contribution < 1.29 is 9.53 Å². The standard InChI is InChI=1S/C15H23NO2S/c1-7-15(6,13(17)18-8-2)9-12-16-11(10-19-12)14(3,4)5/h7,10H,1,8-9H2,2-6H3. The van der Waals surface area contributed by atoms with Crippen LogP contribution in [0.1, 0.15) is 45.3 Å². The molecule has 1 heterocycles. The fraction of sp³-hybridized carbons (Fsp3) is 0.600. The van der Waals surface area contributed by atoms with Gasteiger partial charge in [-0.2, -0.15) is 0 Å². The van der Waals surface area contributed by atoms with Gasteiger partial charge in [-0.3, -0.25) is 4.79 Å². The number of ether oxygens (including phenoxy) is 1. The number of nitrogens with zero attached hydrogens (tertiary/aromatic N) is 1. The van der Waals surface area contributed by atoms with Crippen molar-refractivity contribution in [2.24, 2.45) is 5.41 Å². The third kappa shape index (κ3) is 3.90. The number of esters is 1. The number of hydrogen-bond acceptors (Lipinski definition) is 4. The van der Waals surface area contributed by atoms with E-state index in [0.29, 0.717) is 13.0 Å². The van der Waals surface area contributed by atoms with Crippen LogP contribution in [0.15, 0.2) is 18.0 Å². The van der Waals surface area contributed by atoms with Gasteiger partial charge in [0.15, 0.2) is 0 Å². The van der Waals surface area contributed by atoms with Gasteiger partial charge in [-0.15, -0.1) is 17.9 Å². The average Bonchev–Trinajstić information content (AvgIpc) is 2.77. The SMILES string of the molecule is C=CC(C)(Cc1nc(C(C)(C)C)cs1)C(=O)OCC. The molecule has 0 saturated carbocycles. The molecule has 19 heavy (non-hydrogen) atoms. The summed E-state index contributed by atoms with van der Waals surface area (Å²) in [4.78, 5) is 16.6. The monoisotopic (exact) mass is 281 g/mol. The van der Waals surface area contributed by atoms with Gasteiger partial charge >= 0.3 is 5.97 Å². The molecule has 1 rings (SSSR count). The molecule has 0 aromatic carbocycles. The van der Waals surface area contributed by atoms with Crippen molar-refractivity contribution in [1.29, 1.82) is 0 Å². The average molecular weight is 281 g/mol. The molecule has 0 fully saturated rings. The first-order valence-electron chi connectivity index (χ1n) is 6.48. The Morgan fingerprint density at radius 1 is 1.47 bits per heavy atom. The van der Waals surface area contributed by atoms with Crippen LogP contribution in [-0.2, 0) is 21.4 Å². The van der Waals surface area contributed by atoms with E-state index < -0.39 is 5.41 Å². The molecule has 0 aliphatic heterocycles. The number of hydrogen-bond donors (Lipinski definition) is 0. The first-order valence-corrected chi connectivity index (χ1v) is 7.36. The van der Waals surface area contributed by atoms with E-state index in [1.54, 1.807) is 17.4 Å². The summed E-state index contributed by atoms with van der Waals surface area (Å²) in [7, 11) is 0. The zero-order valence-corrected chi connectivity index (χ0v) is 13.3. The van der Waals surface area contributed by atoms with E-state index in [-0.39, 0.29) is 11.4 Å². The maximum Gasteiger partial charge on any atom is 0.316 e. The Labute approximate surface area is 119 Å². The largest absolute Gasteiger partial charge is 0.465 e. The van der Waals surface area contributed by atoms with E-state index in [4.69, 9.17) is 4.74 Å². The van der Waals surface area contributed by atoms with Crippen LogP contribution >= 0.6 is 11.3 Å². The summed E-state index contributed by atoms with van der Waals surface area (Å²) in [5.74, 6) is -0.238. The number of aromatic nitrogens is 1. The summed E-state index contributed by atoms with van der Waals surface area (Å²) < 4.78 is 5.11. The van der Waals surface area contributed by atoms with E-state index in [1.165, 1.54) is 0 Å². The molecular formula is C15H23NO2S. The molecule has 0 bridgehead atoms. The van der Waals surface area contributed by atoms with E-state index in [2.05, 4.69) is 37.7 Å². The van der Waals surface area contributed by atoms with Crippen LogP contribution < -0.4 is 0 Å². The van der Waals surface area contributed by atoms with Gasteiger partial charge in [-0.25, -0.2) is 4.98 Å². The second-order valence-corrected chi connectivity index (χ2v) is 6.84. The van der Waals surface area contributed by atoms with Gasteiger partial charge in [0.1, 0.15) is 0 Å². The third-order valence-electron chi connectivity index (χ3n) is 3.03. The molecule has 1 aromatic heterocycles. The van der Waals surface area contributed by atoms with Crippen LogP contribution in [-0.4, -0.2) is 17.6 Å². The van der Waals surface area contributed by atoms with Gasteiger partial charge in [0.2, 0.25) is 0 Å². The highest BCUT2D eigenvalue weighted by Gasteiger charge is 2.33. The van der Waals surface area contributed by atoms with Crippen LogP contribution in [0, 0.1) is 5.41 Å². The molecule has 0 aliphatic carbocycles. The minimum atomic E-state index is -0.705. The zero-order chi connectivity index (χ0) is 14.7. The molecular weight excluding hydrogens is 258 g/mol. The molecule has 1 unspecified atom stereocenters. The molecule has 3 nitrogen and oxygen atoms in total. The fourth-order valence-corrected chi connectivity index (χ4v) is 2.76. The molecule has 1 atom stereocenters. The van der Waals surface area contributed by atoms with Gasteiger partial charge in [0, 0.05) is 17.2 Å². The summed E-state index contributed by atoms with van der Waals surface area (Å²) in [6.07, 6.45) is 2.19. The Balaban J connectivity index is 2.90. The van der Waals surface area contributed by atoms with Crippen LogP contribution in [0.25, 0.3) is 0 Å². The summed E-state index contributed by atoms with van der Waals surface area (Å²) >= 11 is 1.59. The minimum absolute atomic E-state index is 0.0310. The van der Waals surface area contributed by atoms with E-state index in [9.17, 15) is 4.79 Å². The Morgan fingerprint density at radius 3 is 2.53 bits per heavy atom. The highest BCUT2D eigenvalue weighted by Crippen LogP contribution is 2.30. The summed E-state index contributed by atoms with van der Waals surface area (Å²) in [6, 6.07) is 0. The number of rotatable bonds is 5. The van der Waals surface area contributed by atoms with Gasteiger partial charge in [0.25, 0.3) is 0 Å². The van der Waals surface area contributed by atoms with Crippen molar-refractivity contribution in [3.8, 4) is 0 Å². The predicted octanol–water partition coefficient (Wildman–Crippen LogP) is 3.74. The summed E-state index contributed by atoms with van der Waals surface area (Å²) in [6.45, 7) is 14.2. The summed E-state index contributed by atoms with van der Waals surface area (Å²) in [5, 5.41) is 3.00. The normalized spacial score (nSPS) is 14.8. The van der Waals surface area contributed by atoms with Crippen LogP contribution in [0.3, 0.4) is 0 Å². The second-order valence-electron chi connectivity index (χ2n) is 5.90. The van der Waals surface area contributed by atoms with Crippen molar-refractivity contribution in [3.63, 3.8) is 0 Å². The topological polar surface area (TPSA) is 39.2 Å². The first kappa shape index (κ1) is 15.9. The second kappa shape index (κ2) is 5.87. The predicted molar refractivity (Wildman–Crippen MR) is 79.5 cm³/mol. The van der Waals surface area contributed by atoms with Crippen LogP contribution in [0.5, 0.6) is 0 Å². The van der Waals surface area contributed by atoms with Gasteiger partial charge in [-0.1, -0.05) is 26.8 Å². The quantitative estimate of drug-likeness (QED) is 0.609. The molecule has 0 saturated heterocycles. The Kier molecular flexibility index (Phi) is 4.91. The number of thiazole rings is 1. The molecule has 4 heteroatoms. The molecule has 0 amide bonds. The highest BCUT2D eigenvalue weighted by molar-refractivity contribution is 7.09. The number of carbonyl (C=O) groups is 1. The van der Waals surface area contributed by atoms with E-state index >= 15 is 0 Å². The lowest BCUT2D eigenvalue weighted by molar-refractivity contribution is -0.151. The minimum Gasteiger partial charge on any atom is -0.465 e. The maximum atomic E-state index is 12.0. The van der Waals surface area contributed by atoms with Crippen molar-refractivity contribution >= 4 is 17.3 Å². The van der Waals surface area contributed by atoms with Gasteiger partial charge in [-0.05, 0) is 13.8 Å². The lowest BCUT2D eigenvalue weighted by Crippen LogP contribution is -2.30. The molecule has 106 valence electrons. The van der Waals surface area contributed by atoms with E-state index in [0.717, 1.165) is 10.7 Å². The molecule has 1 aromatic rings. The molecule has 0 spiro atoms. The summed E-state index contributed by atoms with van der Waals surface area (Å²) in [5.41, 5.74) is 0.384. The van der Waals surface area contributed by atoms with Crippen molar-refractivity contribution in [2.45, 2.75) is 46.5 Å². The number of carbonyl (C=O) groups excluding carboxylic acids is 1. The van der Waals surface area contributed by atoms with Crippen LogP contribution in [0.4, 0.5) is 0 Å². The fourth-order valence-electron chi connectivity index (χ4n) is 1.57. The van der Waals surface area contributed by atoms with Gasteiger partial charge < -0.3 is 4.74 Å². The van der Waals surface area contributed by atoms with Crippen molar-refractivity contribution in [3.05, 3.63) is 28.7 Å². The van der Waals surface area contributed by atoms with Crippen molar-refractivity contribution in [2.75, 3.05) is 6.61 Å². The Hall–Kier alpha value is -1.16. The first-order chi connectivity index (χ1) is 8.73. The highest BCUT2D eigenvalue weighted by atomic mass is 32.1. The Bertz CT molecular complexity index is 459. The smallest absolute Gasteiger partial charge is 0.316 e. The van der Waals surface area contributed by atoms with Crippen LogP contribution in [0.2, 0.25) is 0 Å². The maximum absolute atomic E-state index is 12.0. The molecule has 0 radical (unpaired) electrons. The van der Waals surface area contributed by atoms with Gasteiger partial charge in [0.05, 0.1) is 22.7 Å². The lowest BCUT2D eigenvalue weighted by Gasteiger charge is -2.22. The molecule has 0 aliphatic rings. The molecule has 0 N–H and O–H groups in total. The lowest BCUT2D eigenvalue weighted by atomic mass is 9.87. The van der Waals surface area contributed by atoms with Crippen molar-refractivity contribution in [1.82, 2.24) is 4.98 Å². The third-order valence-corrected chi connectivity index (χ3v) is 3.88.